The molecule has 0 amide bonds. The van der Waals surface area contributed by atoms with E-state index in [1.54, 1.807) is 38.6 Å². The fraction of sp³-hybridized carbons (Fsp3) is 0.133. The van der Waals surface area contributed by atoms with Gasteiger partial charge in [-0.05, 0) is 24.3 Å². The molecule has 0 unspecified atom stereocenters. The van der Waals surface area contributed by atoms with Crippen molar-refractivity contribution in [1.82, 2.24) is 0 Å². The average molecular weight is 273 g/mol. The first-order chi connectivity index (χ1) is 9.62. The molecule has 5 heteroatoms. The topological polar surface area (TPSA) is 71.3 Å². The number of benzene rings is 2. The summed E-state index contributed by atoms with van der Waals surface area (Å²) in [6, 6.07) is 9.53. The maximum absolute atomic E-state index is 9.38. The lowest BCUT2D eigenvalue weighted by Gasteiger charge is -2.07. The summed E-state index contributed by atoms with van der Waals surface area (Å²) < 4.78 is 10.3. The Bertz CT molecular complexity index is 618. The largest absolute Gasteiger partial charge is 0.508 e. The Morgan fingerprint density at radius 1 is 0.900 bits per heavy atom. The maximum Gasteiger partial charge on any atom is 0.162 e. The number of aromatic hydroxyl groups is 2. The first-order valence-corrected chi connectivity index (χ1v) is 5.91. The number of phenolic OH excluding ortho intramolecular Hbond substituents is 2. The summed E-state index contributed by atoms with van der Waals surface area (Å²) in [5.74, 6) is 1.18. The molecule has 0 spiro atoms. The van der Waals surface area contributed by atoms with Crippen LogP contribution < -0.4 is 9.47 Å². The van der Waals surface area contributed by atoms with Crippen LogP contribution in [0, 0.1) is 0 Å². The van der Waals surface area contributed by atoms with E-state index >= 15 is 0 Å². The van der Waals surface area contributed by atoms with Crippen molar-refractivity contribution in [2.45, 2.75) is 0 Å². The number of rotatable bonds is 4. The van der Waals surface area contributed by atoms with Gasteiger partial charge in [-0.15, -0.1) is 0 Å². The van der Waals surface area contributed by atoms with Gasteiger partial charge < -0.3 is 19.7 Å². The van der Waals surface area contributed by atoms with E-state index in [0.29, 0.717) is 22.7 Å². The van der Waals surface area contributed by atoms with E-state index in [9.17, 15) is 10.2 Å². The fourth-order valence-corrected chi connectivity index (χ4v) is 1.75. The van der Waals surface area contributed by atoms with Crippen molar-refractivity contribution < 1.29 is 19.7 Å². The van der Waals surface area contributed by atoms with Gasteiger partial charge in [0.2, 0.25) is 0 Å². The lowest BCUT2D eigenvalue weighted by molar-refractivity contribution is 0.355. The third-order valence-electron chi connectivity index (χ3n) is 2.65. The van der Waals surface area contributed by atoms with Crippen LogP contribution in [0.1, 0.15) is 5.56 Å². The Kier molecular flexibility index (Phi) is 4.10. The van der Waals surface area contributed by atoms with E-state index in [4.69, 9.17) is 9.47 Å². The molecule has 104 valence electrons. The van der Waals surface area contributed by atoms with Crippen LogP contribution >= 0.6 is 0 Å². The number of phenols is 2. The Morgan fingerprint density at radius 3 is 2.15 bits per heavy atom. The smallest absolute Gasteiger partial charge is 0.162 e. The predicted molar refractivity (Wildman–Crippen MR) is 76.6 cm³/mol. The van der Waals surface area contributed by atoms with Crippen molar-refractivity contribution in [3.05, 3.63) is 42.0 Å². The van der Waals surface area contributed by atoms with Gasteiger partial charge in [-0.3, -0.25) is 4.99 Å². The molecule has 5 nitrogen and oxygen atoms in total. The van der Waals surface area contributed by atoms with Crippen molar-refractivity contribution >= 4 is 11.9 Å². The van der Waals surface area contributed by atoms with E-state index in [1.807, 2.05) is 0 Å². The Hall–Kier alpha value is -2.69. The van der Waals surface area contributed by atoms with Crippen molar-refractivity contribution in [3.63, 3.8) is 0 Å². The summed E-state index contributed by atoms with van der Waals surface area (Å²) in [5, 5.41) is 18.8. The summed E-state index contributed by atoms with van der Waals surface area (Å²) in [5.41, 5.74) is 1.27. The number of hydrogen-bond acceptors (Lipinski definition) is 5. The fourth-order valence-electron chi connectivity index (χ4n) is 1.75. The highest BCUT2D eigenvalue weighted by atomic mass is 16.5. The van der Waals surface area contributed by atoms with Crippen LogP contribution in [0.5, 0.6) is 23.0 Å². The Balaban J connectivity index is 2.27. The van der Waals surface area contributed by atoms with Gasteiger partial charge in [0, 0.05) is 23.9 Å². The van der Waals surface area contributed by atoms with Crippen LogP contribution in [-0.2, 0) is 0 Å². The zero-order valence-electron chi connectivity index (χ0n) is 11.2. The third kappa shape index (κ3) is 3.20. The lowest BCUT2D eigenvalue weighted by Crippen LogP contribution is -1.89. The molecule has 0 saturated heterocycles. The second-order valence-corrected chi connectivity index (χ2v) is 4.08. The van der Waals surface area contributed by atoms with E-state index in [-0.39, 0.29) is 11.5 Å². The summed E-state index contributed by atoms with van der Waals surface area (Å²) >= 11 is 0. The molecule has 0 aromatic heterocycles. The van der Waals surface area contributed by atoms with Gasteiger partial charge in [0.05, 0.1) is 19.9 Å². The van der Waals surface area contributed by atoms with Gasteiger partial charge in [-0.1, -0.05) is 0 Å². The number of hydrogen-bond donors (Lipinski definition) is 2. The van der Waals surface area contributed by atoms with Gasteiger partial charge >= 0.3 is 0 Å². The third-order valence-corrected chi connectivity index (χ3v) is 2.65. The second-order valence-electron chi connectivity index (χ2n) is 4.08. The normalized spacial score (nSPS) is 10.7. The highest BCUT2D eigenvalue weighted by Gasteiger charge is 2.03. The molecule has 2 aromatic rings. The van der Waals surface area contributed by atoms with Crippen LogP contribution in [0.25, 0.3) is 0 Å². The lowest BCUT2D eigenvalue weighted by atomic mass is 10.2. The number of nitrogens with zero attached hydrogens (tertiary/aromatic N) is 1. The number of aliphatic imine (C=N–C) groups is 1. The molecule has 0 aliphatic carbocycles. The highest BCUT2D eigenvalue weighted by molar-refractivity contribution is 5.83. The van der Waals surface area contributed by atoms with Crippen LogP contribution in [0.4, 0.5) is 5.69 Å². The minimum Gasteiger partial charge on any atom is -0.508 e. The van der Waals surface area contributed by atoms with Gasteiger partial charge in [0.25, 0.3) is 0 Å². The minimum atomic E-state index is -0.0150. The number of ether oxygens (including phenoxy) is 2. The van der Waals surface area contributed by atoms with E-state index in [1.165, 1.54) is 18.2 Å². The molecule has 0 bridgehead atoms. The summed E-state index contributed by atoms with van der Waals surface area (Å²) in [7, 11) is 3.12. The predicted octanol–water partition coefficient (Wildman–Crippen LogP) is 2.87. The standard InChI is InChI=1S/C15H15NO4/c1-19-14-4-3-11(7-15(14)20-2)16-9-10-5-12(17)8-13(18)6-10/h3-9,17-18H,1-2H3. The molecule has 0 atom stereocenters. The average Bonchev–Trinajstić information content (AvgIpc) is 2.43. The quantitative estimate of drug-likeness (QED) is 0.840. The highest BCUT2D eigenvalue weighted by Crippen LogP contribution is 2.31. The first kappa shape index (κ1) is 13.7. The Labute approximate surface area is 116 Å². The molecule has 0 saturated carbocycles. The van der Waals surface area contributed by atoms with Crippen molar-refractivity contribution in [1.29, 1.82) is 0 Å². The molecule has 2 N–H and O–H groups in total. The van der Waals surface area contributed by atoms with Crippen molar-refractivity contribution in [2.24, 2.45) is 4.99 Å². The monoisotopic (exact) mass is 273 g/mol. The molecule has 0 heterocycles. The molecular formula is C15H15NO4. The molecule has 0 fully saturated rings. The molecular weight excluding hydrogens is 258 g/mol. The maximum atomic E-state index is 9.38. The summed E-state index contributed by atoms with van der Waals surface area (Å²) in [6.45, 7) is 0. The van der Waals surface area contributed by atoms with E-state index in [0.717, 1.165) is 0 Å². The molecule has 2 rings (SSSR count). The second kappa shape index (κ2) is 5.97. The van der Waals surface area contributed by atoms with Gasteiger partial charge in [-0.2, -0.15) is 0 Å². The number of methoxy groups -OCH3 is 2. The SMILES string of the molecule is COc1ccc(N=Cc2cc(O)cc(O)c2)cc1OC. The van der Waals surface area contributed by atoms with Crippen LogP contribution in [-0.4, -0.2) is 30.6 Å². The van der Waals surface area contributed by atoms with Crippen molar-refractivity contribution in [3.8, 4) is 23.0 Å². The van der Waals surface area contributed by atoms with Crippen LogP contribution in [0.15, 0.2) is 41.4 Å². The van der Waals surface area contributed by atoms with Crippen LogP contribution in [0.3, 0.4) is 0 Å². The molecule has 2 aromatic carbocycles. The summed E-state index contributed by atoms with van der Waals surface area (Å²) in [4.78, 5) is 4.26. The molecule has 20 heavy (non-hydrogen) atoms. The molecule has 0 aliphatic rings. The van der Waals surface area contributed by atoms with Gasteiger partial charge in [-0.25, -0.2) is 0 Å². The zero-order valence-corrected chi connectivity index (χ0v) is 11.2. The Morgan fingerprint density at radius 2 is 1.55 bits per heavy atom. The summed E-state index contributed by atoms with van der Waals surface area (Å²) in [6.07, 6.45) is 1.54. The zero-order chi connectivity index (χ0) is 14.5. The van der Waals surface area contributed by atoms with E-state index in [2.05, 4.69) is 4.99 Å². The molecule has 0 radical (unpaired) electrons. The first-order valence-electron chi connectivity index (χ1n) is 5.91. The van der Waals surface area contributed by atoms with Crippen molar-refractivity contribution in [2.75, 3.05) is 14.2 Å². The van der Waals surface area contributed by atoms with Gasteiger partial charge in [0.15, 0.2) is 11.5 Å². The molecule has 0 aliphatic heterocycles. The van der Waals surface area contributed by atoms with Crippen LogP contribution in [0.2, 0.25) is 0 Å². The van der Waals surface area contributed by atoms with E-state index < -0.39 is 0 Å². The van der Waals surface area contributed by atoms with Gasteiger partial charge in [0.1, 0.15) is 11.5 Å². The minimum absolute atomic E-state index is 0.0150.